The highest BCUT2D eigenvalue weighted by Crippen LogP contribution is 2.34. The summed E-state index contributed by atoms with van der Waals surface area (Å²) in [7, 11) is 0. The average molecular weight is 465 g/mol. The molecule has 0 amide bonds. The number of nitrogens with zero attached hydrogens (tertiary/aromatic N) is 5. The number of benzene rings is 2. The fourth-order valence-corrected chi connectivity index (χ4v) is 5.24. The molecule has 0 bridgehead atoms. The fraction of sp³-hybridized carbons (Fsp3) is 0.259. The number of nitrogens with one attached hydrogen (secondary N) is 2. The summed E-state index contributed by atoms with van der Waals surface area (Å²) in [5.74, 6) is 0.513. The minimum Gasteiger partial charge on any atom is -0.384 e. The van der Waals surface area contributed by atoms with Crippen LogP contribution in [0.15, 0.2) is 73.1 Å². The topological polar surface area (TPSA) is 110 Å². The van der Waals surface area contributed by atoms with Crippen molar-refractivity contribution < 1.29 is 0 Å². The minimum absolute atomic E-state index is 0.0570. The van der Waals surface area contributed by atoms with E-state index in [2.05, 4.69) is 85.5 Å². The quantitative estimate of drug-likeness (QED) is 0.320. The van der Waals surface area contributed by atoms with Crippen LogP contribution in [0.5, 0.6) is 0 Å². The second-order valence-electron chi connectivity index (χ2n) is 9.19. The number of fused-ring (bicyclic) bond motifs is 2. The first kappa shape index (κ1) is 21.5. The molecule has 35 heavy (non-hydrogen) atoms. The van der Waals surface area contributed by atoms with Gasteiger partial charge in [-0.25, -0.2) is 10.1 Å². The normalized spacial score (nSPS) is 15.9. The Hall–Kier alpha value is -4.04. The second-order valence-corrected chi connectivity index (χ2v) is 9.19. The Kier molecular flexibility index (Phi) is 5.71. The SMILES string of the molecule is Nc1cc(C(CCNC2CCc3ccccc32)c2cnn(Cc3ccccc3)c2)c2nn[nH]c2n1. The molecule has 2 atom stereocenters. The Balaban J connectivity index is 1.27. The Morgan fingerprint density at radius 1 is 1.11 bits per heavy atom. The van der Waals surface area contributed by atoms with Crippen molar-refractivity contribution in [3.05, 3.63) is 101 Å². The molecule has 176 valence electrons. The van der Waals surface area contributed by atoms with Gasteiger partial charge in [-0.15, -0.1) is 5.10 Å². The Morgan fingerprint density at radius 2 is 1.97 bits per heavy atom. The molecule has 3 heterocycles. The molecule has 0 aliphatic heterocycles. The molecule has 2 unspecified atom stereocenters. The molecule has 0 fully saturated rings. The zero-order valence-corrected chi connectivity index (χ0v) is 19.4. The number of aryl methyl sites for hydroxylation is 1. The number of aromatic amines is 1. The summed E-state index contributed by atoms with van der Waals surface area (Å²) in [5, 5.41) is 19.6. The summed E-state index contributed by atoms with van der Waals surface area (Å²) in [6, 6.07) is 21.4. The first-order chi connectivity index (χ1) is 17.2. The number of nitrogens with two attached hydrogens (primary N) is 1. The van der Waals surface area contributed by atoms with E-state index in [1.165, 1.54) is 16.7 Å². The van der Waals surface area contributed by atoms with E-state index in [1.807, 2.05) is 23.0 Å². The highest BCUT2D eigenvalue weighted by Gasteiger charge is 2.24. The van der Waals surface area contributed by atoms with Crippen LogP contribution in [0.1, 0.15) is 52.6 Å². The van der Waals surface area contributed by atoms with Crippen molar-refractivity contribution in [3.8, 4) is 0 Å². The Labute approximate surface area is 203 Å². The predicted molar refractivity (Wildman–Crippen MR) is 136 cm³/mol. The van der Waals surface area contributed by atoms with Gasteiger partial charge in [-0.05, 0) is 59.7 Å². The first-order valence-electron chi connectivity index (χ1n) is 12.1. The maximum absolute atomic E-state index is 6.17. The van der Waals surface area contributed by atoms with Crippen molar-refractivity contribution in [2.24, 2.45) is 0 Å². The molecule has 4 N–H and O–H groups in total. The monoisotopic (exact) mass is 464 g/mol. The van der Waals surface area contributed by atoms with E-state index in [0.717, 1.165) is 49.0 Å². The molecule has 1 aliphatic rings. The number of rotatable bonds is 8. The zero-order valence-electron chi connectivity index (χ0n) is 19.4. The van der Waals surface area contributed by atoms with Gasteiger partial charge in [0.2, 0.25) is 0 Å². The number of H-pyrrole nitrogens is 1. The van der Waals surface area contributed by atoms with Crippen LogP contribution in [0.2, 0.25) is 0 Å². The van der Waals surface area contributed by atoms with Crippen LogP contribution in [0.3, 0.4) is 0 Å². The van der Waals surface area contributed by atoms with Crippen molar-refractivity contribution >= 4 is 17.0 Å². The largest absolute Gasteiger partial charge is 0.384 e. The van der Waals surface area contributed by atoms with Crippen LogP contribution >= 0.6 is 0 Å². The number of hydrogen-bond donors (Lipinski definition) is 3. The van der Waals surface area contributed by atoms with Gasteiger partial charge in [-0.2, -0.15) is 5.10 Å². The van der Waals surface area contributed by atoms with Gasteiger partial charge in [-0.3, -0.25) is 4.68 Å². The number of anilines is 1. The lowest BCUT2D eigenvalue weighted by Crippen LogP contribution is -2.22. The smallest absolute Gasteiger partial charge is 0.178 e. The summed E-state index contributed by atoms with van der Waals surface area (Å²) in [6.45, 7) is 1.58. The zero-order chi connectivity index (χ0) is 23.6. The summed E-state index contributed by atoms with van der Waals surface area (Å²) in [6.07, 6.45) is 7.23. The summed E-state index contributed by atoms with van der Waals surface area (Å²) in [4.78, 5) is 4.36. The standard InChI is InChI=1S/C27H28N8/c28-25-14-23(26-27(31-25)33-34-32-26)21(12-13-29-24-11-10-19-8-4-5-9-22(19)24)20-15-30-35(17-20)16-18-6-2-1-3-7-18/h1-9,14-15,17,21,24,29H,10-13,16H2,(H3,28,31,32,33,34). The van der Waals surface area contributed by atoms with E-state index in [0.29, 0.717) is 17.5 Å². The maximum atomic E-state index is 6.17. The van der Waals surface area contributed by atoms with Crippen LogP contribution in [-0.4, -0.2) is 36.7 Å². The van der Waals surface area contributed by atoms with Crippen molar-refractivity contribution in [3.63, 3.8) is 0 Å². The third kappa shape index (κ3) is 4.40. The van der Waals surface area contributed by atoms with Crippen LogP contribution in [-0.2, 0) is 13.0 Å². The maximum Gasteiger partial charge on any atom is 0.178 e. The van der Waals surface area contributed by atoms with Crippen LogP contribution in [0.25, 0.3) is 11.2 Å². The number of nitrogen functional groups attached to an aromatic ring is 1. The van der Waals surface area contributed by atoms with Crippen LogP contribution in [0.4, 0.5) is 5.82 Å². The van der Waals surface area contributed by atoms with Crippen molar-refractivity contribution in [1.29, 1.82) is 0 Å². The molecule has 5 aromatic rings. The molecular formula is C27H28N8. The Bertz CT molecular complexity index is 1440. The third-order valence-corrected chi connectivity index (χ3v) is 6.92. The molecule has 2 aromatic carbocycles. The van der Waals surface area contributed by atoms with Crippen LogP contribution < -0.4 is 11.1 Å². The van der Waals surface area contributed by atoms with Crippen molar-refractivity contribution in [1.82, 2.24) is 35.5 Å². The average Bonchev–Trinajstić information content (AvgIpc) is 3.62. The van der Waals surface area contributed by atoms with E-state index < -0.39 is 0 Å². The van der Waals surface area contributed by atoms with Gasteiger partial charge >= 0.3 is 0 Å². The molecule has 0 spiro atoms. The lowest BCUT2D eigenvalue weighted by Gasteiger charge is -2.19. The number of hydrogen-bond acceptors (Lipinski definition) is 6. The molecule has 6 rings (SSSR count). The summed E-state index contributed by atoms with van der Waals surface area (Å²) < 4.78 is 1.99. The molecule has 0 radical (unpaired) electrons. The van der Waals surface area contributed by atoms with Gasteiger partial charge in [-0.1, -0.05) is 59.8 Å². The molecule has 0 saturated carbocycles. The highest BCUT2D eigenvalue weighted by molar-refractivity contribution is 5.77. The third-order valence-electron chi connectivity index (χ3n) is 6.92. The van der Waals surface area contributed by atoms with Gasteiger partial charge < -0.3 is 11.1 Å². The lowest BCUT2D eigenvalue weighted by molar-refractivity contribution is 0.508. The molecule has 8 heteroatoms. The van der Waals surface area contributed by atoms with E-state index >= 15 is 0 Å². The lowest BCUT2D eigenvalue weighted by atomic mass is 9.90. The molecular weight excluding hydrogens is 436 g/mol. The Morgan fingerprint density at radius 3 is 2.89 bits per heavy atom. The highest BCUT2D eigenvalue weighted by atomic mass is 15.3. The van der Waals surface area contributed by atoms with E-state index in [9.17, 15) is 0 Å². The minimum atomic E-state index is 0.0570. The van der Waals surface area contributed by atoms with E-state index in [-0.39, 0.29) is 5.92 Å². The van der Waals surface area contributed by atoms with E-state index in [4.69, 9.17) is 5.73 Å². The van der Waals surface area contributed by atoms with Gasteiger partial charge in [0.05, 0.1) is 12.7 Å². The second kappa shape index (κ2) is 9.31. The van der Waals surface area contributed by atoms with E-state index in [1.54, 1.807) is 0 Å². The van der Waals surface area contributed by atoms with Crippen LogP contribution in [0, 0.1) is 0 Å². The summed E-state index contributed by atoms with van der Waals surface area (Å²) >= 11 is 0. The fourth-order valence-electron chi connectivity index (χ4n) is 5.24. The van der Waals surface area contributed by atoms with Gasteiger partial charge in [0.15, 0.2) is 5.65 Å². The summed E-state index contributed by atoms with van der Waals surface area (Å²) in [5.41, 5.74) is 13.8. The van der Waals surface area contributed by atoms with Crippen molar-refractivity contribution in [2.45, 2.75) is 37.8 Å². The van der Waals surface area contributed by atoms with Gasteiger partial charge in [0.25, 0.3) is 0 Å². The van der Waals surface area contributed by atoms with Gasteiger partial charge in [0.1, 0.15) is 11.3 Å². The predicted octanol–water partition coefficient (Wildman–Crippen LogP) is 3.98. The molecule has 3 aromatic heterocycles. The number of aromatic nitrogens is 6. The van der Waals surface area contributed by atoms with Gasteiger partial charge in [0, 0.05) is 18.2 Å². The molecule has 1 aliphatic carbocycles. The van der Waals surface area contributed by atoms with Crippen molar-refractivity contribution in [2.75, 3.05) is 12.3 Å². The number of pyridine rings is 1. The molecule has 8 nitrogen and oxygen atoms in total. The first-order valence-corrected chi connectivity index (χ1v) is 12.1. The molecule has 0 saturated heterocycles.